The summed E-state index contributed by atoms with van der Waals surface area (Å²) in [6, 6.07) is 9.53. The maximum Gasteiger partial charge on any atom is 0.237 e. The predicted octanol–water partition coefficient (Wildman–Crippen LogP) is 4.51. The van der Waals surface area contributed by atoms with Crippen LogP contribution in [0, 0.1) is 0 Å². The highest BCUT2D eigenvalue weighted by Gasteiger charge is 2.05. The van der Waals surface area contributed by atoms with E-state index in [4.69, 9.17) is 16.3 Å². The minimum Gasteiger partial charge on any atom is -0.476 e. The van der Waals surface area contributed by atoms with Crippen LogP contribution in [0.4, 0.5) is 5.69 Å². The molecule has 0 amide bonds. The van der Waals surface area contributed by atoms with Crippen molar-refractivity contribution in [3.05, 3.63) is 51.6 Å². The SMILES string of the molecule is CCOc1ncccc1NCc1cc(Cl)ccc1Br. The van der Waals surface area contributed by atoms with Gasteiger partial charge in [0.1, 0.15) is 0 Å². The molecule has 0 aliphatic carbocycles. The van der Waals surface area contributed by atoms with Gasteiger partial charge in [0.2, 0.25) is 5.88 Å². The van der Waals surface area contributed by atoms with E-state index in [2.05, 4.69) is 26.2 Å². The second kappa shape index (κ2) is 6.78. The fraction of sp³-hybridized carbons (Fsp3) is 0.214. The predicted molar refractivity (Wildman–Crippen MR) is 81.9 cm³/mol. The molecule has 5 heteroatoms. The third-order valence-electron chi connectivity index (χ3n) is 2.53. The van der Waals surface area contributed by atoms with Crippen molar-refractivity contribution < 1.29 is 4.74 Å². The summed E-state index contributed by atoms with van der Waals surface area (Å²) in [4.78, 5) is 4.20. The van der Waals surface area contributed by atoms with Crippen LogP contribution in [0.25, 0.3) is 0 Å². The second-order valence-corrected chi connectivity index (χ2v) is 5.17. The van der Waals surface area contributed by atoms with E-state index in [1.54, 1.807) is 6.20 Å². The van der Waals surface area contributed by atoms with Gasteiger partial charge in [0, 0.05) is 22.2 Å². The molecule has 0 unspecified atom stereocenters. The van der Waals surface area contributed by atoms with E-state index in [9.17, 15) is 0 Å². The molecule has 2 aromatic rings. The average Bonchev–Trinajstić information content (AvgIpc) is 2.42. The van der Waals surface area contributed by atoms with Crippen LogP contribution in [-0.4, -0.2) is 11.6 Å². The first-order valence-corrected chi connectivity index (χ1v) is 7.13. The van der Waals surface area contributed by atoms with Crippen LogP contribution in [0.3, 0.4) is 0 Å². The van der Waals surface area contributed by atoms with Gasteiger partial charge in [-0.15, -0.1) is 0 Å². The number of anilines is 1. The number of nitrogens with one attached hydrogen (secondary N) is 1. The van der Waals surface area contributed by atoms with Crippen molar-refractivity contribution >= 4 is 33.2 Å². The summed E-state index contributed by atoms with van der Waals surface area (Å²) >= 11 is 9.50. The highest BCUT2D eigenvalue weighted by Crippen LogP contribution is 2.25. The van der Waals surface area contributed by atoms with E-state index in [1.165, 1.54) is 0 Å². The molecule has 2 rings (SSSR count). The first-order chi connectivity index (χ1) is 9.20. The molecule has 100 valence electrons. The Hall–Kier alpha value is -1.26. The average molecular weight is 342 g/mol. The summed E-state index contributed by atoms with van der Waals surface area (Å²) in [6.07, 6.45) is 1.71. The maximum atomic E-state index is 5.99. The van der Waals surface area contributed by atoms with Crippen LogP contribution < -0.4 is 10.1 Å². The number of benzene rings is 1. The first-order valence-electron chi connectivity index (χ1n) is 5.96. The molecule has 0 bridgehead atoms. The summed E-state index contributed by atoms with van der Waals surface area (Å²) in [5, 5.41) is 4.02. The number of hydrogen-bond donors (Lipinski definition) is 1. The molecular weight excluding hydrogens is 328 g/mol. The number of rotatable bonds is 5. The quantitative estimate of drug-likeness (QED) is 0.869. The third kappa shape index (κ3) is 3.85. The standard InChI is InChI=1S/C14H14BrClN2O/c1-2-19-14-13(4-3-7-17-14)18-9-10-8-11(16)5-6-12(10)15/h3-8,18H,2,9H2,1H3. The van der Waals surface area contributed by atoms with Crippen molar-refractivity contribution in [2.24, 2.45) is 0 Å². The van der Waals surface area contributed by atoms with Crippen molar-refractivity contribution in [3.8, 4) is 5.88 Å². The summed E-state index contributed by atoms with van der Waals surface area (Å²) < 4.78 is 6.49. The van der Waals surface area contributed by atoms with Gasteiger partial charge >= 0.3 is 0 Å². The monoisotopic (exact) mass is 340 g/mol. The van der Waals surface area contributed by atoms with Gasteiger partial charge in [-0.1, -0.05) is 27.5 Å². The number of hydrogen-bond acceptors (Lipinski definition) is 3. The lowest BCUT2D eigenvalue weighted by Gasteiger charge is -2.12. The minimum atomic E-state index is 0.590. The van der Waals surface area contributed by atoms with Gasteiger partial charge in [-0.2, -0.15) is 0 Å². The zero-order chi connectivity index (χ0) is 13.7. The van der Waals surface area contributed by atoms with Gasteiger partial charge in [0.15, 0.2) is 0 Å². The highest BCUT2D eigenvalue weighted by atomic mass is 79.9. The van der Waals surface area contributed by atoms with Gasteiger partial charge in [0.25, 0.3) is 0 Å². The zero-order valence-corrected chi connectivity index (χ0v) is 12.8. The van der Waals surface area contributed by atoms with Gasteiger partial charge in [-0.3, -0.25) is 0 Å². The Balaban J connectivity index is 2.12. The fourth-order valence-electron chi connectivity index (χ4n) is 1.65. The summed E-state index contributed by atoms with van der Waals surface area (Å²) in [7, 11) is 0. The summed E-state index contributed by atoms with van der Waals surface area (Å²) in [5.74, 6) is 0.614. The van der Waals surface area contributed by atoms with E-state index in [-0.39, 0.29) is 0 Å². The Morgan fingerprint density at radius 1 is 1.37 bits per heavy atom. The molecule has 0 fully saturated rings. The van der Waals surface area contributed by atoms with Gasteiger partial charge < -0.3 is 10.1 Å². The van der Waals surface area contributed by atoms with Crippen LogP contribution in [-0.2, 0) is 6.54 Å². The number of nitrogens with zero attached hydrogens (tertiary/aromatic N) is 1. The lowest BCUT2D eigenvalue weighted by atomic mass is 10.2. The first kappa shape index (κ1) is 14.2. The number of ether oxygens (including phenoxy) is 1. The van der Waals surface area contributed by atoms with Gasteiger partial charge in [0.05, 0.1) is 12.3 Å². The maximum absolute atomic E-state index is 5.99. The lowest BCUT2D eigenvalue weighted by molar-refractivity contribution is 0.328. The highest BCUT2D eigenvalue weighted by molar-refractivity contribution is 9.10. The van der Waals surface area contributed by atoms with Crippen molar-refractivity contribution in [2.75, 3.05) is 11.9 Å². The fourth-order valence-corrected chi connectivity index (χ4v) is 2.23. The Labute approximate surface area is 126 Å². The molecule has 0 saturated heterocycles. The van der Waals surface area contributed by atoms with E-state index in [0.29, 0.717) is 19.0 Å². The number of aromatic nitrogens is 1. The normalized spacial score (nSPS) is 10.3. The molecule has 1 heterocycles. The van der Waals surface area contributed by atoms with E-state index >= 15 is 0 Å². The Morgan fingerprint density at radius 3 is 3.00 bits per heavy atom. The second-order valence-electron chi connectivity index (χ2n) is 3.88. The van der Waals surface area contributed by atoms with Crippen LogP contribution in [0.5, 0.6) is 5.88 Å². The largest absolute Gasteiger partial charge is 0.476 e. The third-order valence-corrected chi connectivity index (χ3v) is 3.54. The van der Waals surface area contributed by atoms with Crippen molar-refractivity contribution in [3.63, 3.8) is 0 Å². The van der Waals surface area contributed by atoms with E-state index in [1.807, 2.05) is 37.3 Å². The lowest BCUT2D eigenvalue weighted by Crippen LogP contribution is -2.04. The van der Waals surface area contributed by atoms with Gasteiger partial charge in [-0.25, -0.2) is 4.98 Å². The van der Waals surface area contributed by atoms with Crippen LogP contribution in [0.2, 0.25) is 5.02 Å². The molecule has 0 aliphatic rings. The van der Waals surface area contributed by atoms with Crippen molar-refractivity contribution in [1.29, 1.82) is 0 Å². The van der Waals surface area contributed by atoms with Crippen LogP contribution >= 0.6 is 27.5 Å². The minimum absolute atomic E-state index is 0.590. The molecule has 0 saturated carbocycles. The molecule has 1 N–H and O–H groups in total. The van der Waals surface area contributed by atoms with E-state index in [0.717, 1.165) is 20.7 Å². The van der Waals surface area contributed by atoms with Crippen LogP contribution in [0.15, 0.2) is 41.0 Å². The Morgan fingerprint density at radius 2 is 2.21 bits per heavy atom. The molecule has 19 heavy (non-hydrogen) atoms. The molecule has 1 aromatic carbocycles. The van der Waals surface area contributed by atoms with E-state index < -0.39 is 0 Å². The molecule has 0 atom stereocenters. The Bertz CT molecular complexity index is 563. The van der Waals surface area contributed by atoms with Crippen molar-refractivity contribution in [2.45, 2.75) is 13.5 Å². The van der Waals surface area contributed by atoms with Gasteiger partial charge in [-0.05, 0) is 42.8 Å². The summed E-state index contributed by atoms with van der Waals surface area (Å²) in [6.45, 7) is 3.17. The number of pyridine rings is 1. The molecule has 0 aliphatic heterocycles. The Kier molecular flexibility index (Phi) is 5.05. The van der Waals surface area contributed by atoms with Crippen molar-refractivity contribution in [1.82, 2.24) is 4.98 Å². The molecular formula is C14H14BrClN2O. The molecule has 0 radical (unpaired) electrons. The molecule has 1 aromatic heterocycles. The smallest absolute Gasteiger partial charge is 0.237 e. The van der Waals surface area contributed by atoms with Crippen LogP contribution in [0.1, 0.15) is 12.5 Å². The molecule has 3 nitrogen and oxygen atoms in total. The topological polar surface area (TPSA) is 34.1 Å². The molecule has 0 spiro atoms. The zero-order valence-electron chi connectivity index (χ0n) is 10.5. The number of halogens is 2. The summed E-state index contributed by atoms with van der Waals surface area (Å²) in [5.41, 5.74) is 1.95.